The molecule has 3 aliphatic rings. The summed E-state index contributed by atoms with van der Waals surface area (Å²) < 4.78 is 44.0. The number of methoxy groups -OCH3 is 1. The Balaban J connectivity index is 1.24. The third-order valence-electron chi connectivity index (χ3n) is 8.19. The first kappa shape index (κ1) is 43.4. The van der Waals surface area contributed by atoms with Crippen LogP contribution in [-0.2, 0) is 37.9 Å². The van der Waals surface area contributed by atoms with E-state index in [0.717, 1.165) is 5.75 Å². The van der Waals surface area contributed by atoms with E-state index in [4.69, 9.17) is 37.9 Å². The number of rotatable bonds is 22. The first-order valence-electron chi connectivity index (χ1n) is 16.3. The zero-order chi connectivity index (χ0) is 35.9. The van der Waals surface area contributed by atoms with Crippen molar-refractivity contribution in [1.29, 1.82) is 0 Å². The van der Waals surface area contributed by atoms with Crippen LogP contribution in [0.5, 0.6) is 0 Å². The van der Waals surface area contributed by atoms with Gasteiger partial charge in [-0.05, 0) is 24.3 Å². The summed E-state index contributed by atoms with van der Waals surface area (Å²) in [6, 6.07) is 0. The molecular weight excluding hydrogens is 700 g/mol. The maximum absolute atomic E-state index is 10.9. The minimum absolute atomic E-state index is 0.0444. The second-order valence-electron chi connectivity index (χ2n) is 11.7. The van der Waals surface area contributed by atoms with Crippen molar-refractivity contribution in [3.05, 3.63) is 0 Å². The standard InChI is InChI=1S/C29H54O18S2/c1-40-27-25(39)26(42-5-3-9-49-11-7-44-29-24(38)22(36)19(33)16(13-31)46-29)20(34)17(47-27)14-41-4-2-8-48-10-6-43-28-23(37)21(35)18(32)15(12-30)45-28/h15-39H,2-14H2,1H3/t15-,16-,17-,18-,19-,20-,21+,22+,23+,24+,25+,26+,27+,28+,29+/m1/s1. The Kier molecular flexibility index (Phi) is 20.3. The summed E-state index contributed by atoms with van der Waals surface area (Å²) in [5.41, 5.74) is 0. The monoisotopic (exact) mass is 754 g/mol. The van der Waals surface area contributed by atoms with Crippen molar-refractivity contribution in [2.75, 3.05) is 76.4 Å². The van der Waals surface area contributed by atoms with E-state index in [1.54, 1.807) is 11.8 Å². The van der Waals surface area contributed by atoms with E-state index in [9.17, 15) is 51.1 Å². The molecule has 0 aromatic rings. The van der Waals surface area contributed by atoms with Gasteiger partial charge >= 0.3 is 0 Å². The predicted octanol–water partition coefficient (Wildman–Crippen LogP) is -4.64. The van der Waals surface area contributed by atoms with Gasteiger partial charge in [0, 0.05) is 31.8 Å². The fraction of sp³-hybridized carbons (Fsp3) is 1.00. The average molecular weight is 755 g/mol. The lowest BCUT2D eigenvalue weighted by atomic mass is 9.99. The summed E-state index contributed by atoms with van der Waals surface area (Å²) in [6.07, 6.45) is -17.1. The van der Waals surface area contributed by atoms with Crippen LogP contribution < -0.4 is 0 Å². The highest BCUT2D eigenvalue weighted by molar-refractivity contribution is 7.99. The van der Waals surface area contributed by atoms with E-state index in [0.29, 0.717) is 36.7 Å². The van der Waals surface area contributed by atoms with Gasteiger partial charge in [0.15, 0.2) is 18.9 Å². The molecule has 0 aliphatic carbocycles. The first-order valence-corrected chi connectivity index (χ1v) is 18.6. The summed E-state index contributed by atoms with van der Waals surface area (Å²) in [7, 11) is 1.38. The van der Waals surface area contributed by atoms with Gasteiger partial charge in [-0.15, -0.1) is 0 Å². The lowest BCUT2D eigenvalue weighted by Gasteiger charge is -2.41. The number of aliphatic hydroxyl groups is 10. The van der Waals surface area contributed by atoms with Gasteiger partial charge in [0.25, 0.3) is 0 Å². The Labute approximate surface area is 293 Å². The molecule has 3 aliphatic heterocycles. The summed E-state index contributed by atoms with van der Waals surface area (Å²) >= 11 is 3.09. The van der Waals surface area contributed by atoms with Crippen molar-refractivity contribution >= 4 is 23.5 Å². The molecule has 3 saturated heterocycles. The van der Waals surface area contributed by atoms with Crippen LogP contribution in [0.2, 0.25) is 0 Å². The SMILES string of the molecule is CO[C@H]1O[C@H](COCCCSCCO[C@H]2O[C@H](CO)[C@@H](O)[C@H](O)[C@@H]2O)[C@@H](O)[C@H](OCCCSCCO[C@H]2O[C@H](CO)[C@@H](O)[C@H](O)[C@@H]2O)[C@@H]1O. The molecule has 0 aromatic heterocycles. The molecule has 20 heteroatoms. The van der Waals surface area contributed by atoms with E-state index in [-0.39, 0.29) is 26.4 Å². The second kappa shape index (κ2) is 22.9. The molecule has 290 valence electrons. The van der Waals surface area contributed by atoms with E-state index < -0.39 is 105 Å². The van der Waals surface area contributed by atoms with Crippen molar-refractivity contribution in [1.82, 2.24) is 0 Å². The molecular formula is C29H54O18S2. The molecule has 10 N–H and O–H groups in total. The summed E-state index contributed by atoms with van der Waals surface area (Å²) in [4.78, 5) is 0. The summed E-state index contributed by atoms with van der Waals surface area (Å²) in [5, 5.41) is 99.4. The highest BCUT2D eigenvalue weighted by Crippen LogP contribution is 2.26. The highest BCUT2D eigenvalue weighted by atomic mass is 32.2. The van der Waals surface area contributed by atoms with E-state index in [2.05, 4.69) is 0 Å². The van der Waals surface area contributed by atoms with Crippen LogP contribution in [0.15, 0.2) is 0 Å². The van der Waals surface area contributed by atoms with E-state index in [1.807, 2.05) is 0 Å². The van der Waals surface area contributed by atoms with Crippen molar-refractivity contribution in [2.45, 2.75) is 105 Å². The molecule has 0 radical (unpaired) electrons. The molecule has 0 unspecified atom stereocenters. The third-order valence-corrected chi connectivity index (χ3v) is 10.3. The number of hydrogen-bond donors (Lipinski definition) is 10. The Morgan fingerprint density at radius 2 is 0.980 bits per heavy atom. The fourth-order valence-electron chi connectivity index (χ4n) is 5.34. The molecule has 3 fully saturated rings. The van der Waals surface area contributed by atoms with Gasteiger partial charge in [0.1, 0.15) is 73.2 Å². The van der Waals surface area contributed by atoms with Gasteiger partial charge in [-0.3, -0.25) is 0 Å². The Morgan fingerprint density at radius 1 is 0.490 bits per heavy atom. The van der Waals surface area contributed by atoms with Crippen LogP contribution in [0.1, 0.15) is 12.8 Å². The quantitative estimate of drug-likeness (QED) is 0.0466. The third kappa shape index (κ3) is 12.8. The summed E-state index contributed by atoms with van der Waals surface area (Å²) in [6.45, 7) is -0.0195. The number of aliphatic hydroxyl groups excluding tert-OH is 10. The highest BCUT2D eigenvalue weighted by Gasteiger charge is 2.46. The number of thioether (sulfide) groups is 2. The van der Waals surface area contributed by atoms with Gasteiger partial charge in [0.05, 0.1) is 33.0 Å². The van der Waals surface area contributed by atoms with Gasteiger partial charge in [-0.25, -0.2) is 0 Å². The van der Waals surface area contributed by atoms with Crippen molar-refractivity contribution in [2.24, 2.45) is 0 Å². The maximum Gasteiger partial charge on any atom is 0.186 e. The molecule has 15 atom stereocenters. The normalized spacial score (nSPS) is 40.1. The van der Waals surface area contributed by atoms with E-state index >= 15 is 0 Å². The lowest BCUT2D eigenvalue weighted by molar-refractivity contribution is -0.303. The molecule has 0 aromatic carbocycles. The molecule has 3 heterocycles. The van der Waals surface area contributed by atoms with Gasteiger partial charge in [-0.2, -0.15) is 23.5 Å². The first-order chi connectivity index (χ1) is 23.5. The number of ether oxygens (including phenoxy) is 8. The smallest absolute Gasteiger partial charge is 0.186 e. The van der Waals surface area contributed by atoms with Crippen LogP contribution in [0.4, 0.5) is 0 Å². The molecule has 0 spiro atoms. The van der Waals surface area contributed by atoms with Crippen molar-refractivity contribution in [3.8, 4) is 0 Å². The Morgan fingerprint density at radius 3 is 1.47 bits per heavy atom. The van der Waals surface area contributed by atoms with Gasteiger partial charge in [0.2, 0.25) is 0 Å². The average Bonchev–Trinajstić information content (AvgIpc) is 3.10. The van der Waals surface area contributed by atoms with Crippen LogP contribution in [-0.4, -0.2) is 220 Å². The molecule has 0 saturated carbocycles. The van der Waals surface area contributed by atoms with Crippen LogP contribution in [0, 0.1) is 0 Å². The maximum atomic E-state index is 10.9. The second-order valence-corrected chi connectivity index (χ2v) is 14.2. The molecule has 18 nitrogen and oxygen atoms in total. The van der Waals surface area contributed by atoms with Crippen molar-refractivity contribution < 1.29 is 89.0 Å². The van der Waals surface area contributed by atoms with Crippen LogP contribution in [0.3, 0.4) is 0 Å². The largest absolute Gasteiger partial charge is 0.394 e. The Hall–Kier alpha value is -0.0200. The van der Waals surface area contributed by atoms with E-state index in [1.165, 1.54) is 18.9 Å². The minimum Gasteiger partial charge on any atom is -0.394 e. The Bertz CT molecular complexity index is 881. The zero-order valence-electron chi connectivity index (χ0n) is 27.4. The topological polar surface area (TPSA) is 276 Å². The molecule has 0 bridgehead atoms. The van der Waals surface area contributed by atoms with Gasteiger partial charge in [-0.1, -0.05) is 0 Å². The lowest BCUT2D eigenvalue weighted by Crippen LogP contribution is -2.60. The predicted molar refractivity (Wildman–Crippen MR) is 172 cm³/mol. The zero-order valence-corrected chi connectivity index (χ0v) is 29.0. The fourth-order valence-corrected chi connectivity index (χ4v) is 6.82. The molecule has 49 heavy (non-hydrogen) atoms. The molecule has 3 rings (SSSR count). The summed E-state index contributed by atoms with van der Waals surface area (Å²) in [5.74, 6) is 2.46. The van der Waals surface area contributed by atoms with Gasteiger partial charge < -0.3 is 89.0 Å². The molecule has 0 amide bonds. The number of hydrogen-bond acceptors (Lipinski definition) is 20. The van der Waals surface area contributed by atoms with Crippen LogP contribution >= 0.6 is 23.5 Å². The van der Waals surface area contributed by atoms with Crippen molar-refractivity contribution in [3.63, 3.8) is 0 Å². The minimum atomic E-state index is -1.50. The van der Waals surface area contributed by atoms with Crippen LogP contribution in [0.25, 0.3) is 0 Å².